The molecule has 1 aliphatic heterocycles. The van der Waals surface area contributed by atoms with Gasteiger partial charge in [-0.1, -0.05) is 0 Å². The van der Waals surface area contributed by atoms with Crippen LogP contribution in [0.1, 0.15) is 30.2 Å². The highest BCUT2D eigenvalue weighted by atomic mass is 15.5. The van der Waals surface area contributed by atoms with Crippen molar-refractivity contribution in [3.05, 3.63) is 23.4 Å². The average molecular weight is 259 g/mol. The van der Waals surface area contributed by atoms with Gasteiger partial charge in [0.15, 0.2) is 5.82 Å². The molecule has 19 heavy (non-hydrogen) atoms. The molecule has 3 heterocycles. The monoisotopic (exact) mass is 259 g/mol. The number of aryl methyl sites for hydroxylation is 4. The Balaban J connectivity index is 1.69. The van der Waals surface area contributed by atoms with E-state index in [1.165, 1.54) is 0 Å². The molecule has 0 spiro atoms. The minimum atomic E-state index is 0.386. The first-order valence-electron chi connectivity index (χ1n) is 6.54. The molecule has 0 fully saturated rings. The zero-order valence-corrected chi connectivity index (χ0v) is 11.2. The van der Waals surface area contributed by atoms with Gasteiger partial charge in [-0.3, -0.25) is 0 Å². The lowest BCUT2D eigenvalue weighted by atomic mass is 10.1. The standard InChI is InChI=1S/C12H17N7/c1-8-7-11(14-9(2)13-8)15-10-3-4-12-16-17-18-19(12)6-5-10/h7,10H,3-6H2,1-2H3,(H,13,14,15). The highest BCUT2D eigenvalue weighted by molar-refractivity contribution is 5.36. The zero-order valence-electron chi connectivity index (χ0n) is 11.2. The van der Waals surface area contributed by atoms with Gasteiger partial charge in [0, 0.05) is 30.8 Å². The number of hydrogen-bond donors (Lipinski definition) is 1. The van der Waals surface area contributed by atoms with Crippen molar-refractivity contribution in [2.45, 2.75) is 45.7 Å². The first-order chi connectivity index (χ1) is 9.20. The molecule has 2 aromatic heterocycles. The lowest BCUT2D eigenvalue weighted by Gasteiger charge is -2.16. The molecular formula is C12H17N7. The summed E-state index contributed by atoms with van der Waals surface area (Å²) in [7, 11) is 0. The molecule has 0 amide bonds. The van der Waals surface area contributed by atoms with Gasteiger partial charge in [0.05, 0.1) is 0 Å². The summed E-state index contributed by atoms with van der Waals surface area (Å²) < 4.78 is 1.89. The summed E-state index contributed by atoms with van der Waals surface area (Å²) in [6, 6.07) is 2.37. The fraction of sp³-hybridized carbons (Fsp3) is 0.583. The van der Waals surface area contributed by atoms with Gasteiger partial charge in [-0.05, 0) is 37.1 Å². The summed E-state index contributed by atoms with van der Waals surface area (Å²) in [5.41, 5.74) is 0.988. The van der Waals surface area contributed by atoms with Crippen molar-refractivity contribution in [1.29, 1.82) is 0 Å². The predicted molar refractivity (Wildman–Crippen MR) is 69.7 cm³/mol. The topological polar surface area (TPSA) is 81.4 Å². The first-order valence-corrected chi connectivity index (χ1v) is 6.54. The second kappa shape index (κ2) is 4.91. The number of rotatable bonds is 2. The molecule has 0 saturated heterocycles. The normalized spacial score (nSPS) is 18.7. The molecule has 0 aromatic carbocycles. The molecule has 0 aliphatic carbocycles. The summed E-state index contributed by atoms with van der Waals surface area (Å²) >= 11 is 0. The number of fused-ring (bicyclic) bond motifs is 1. The molecule has 0 bridgehead atoms. The van der Waals surface area contributed by atoms with E-state index in [1.807, 2.05) is 24.6 Å². The van der Waals surface area contributed by atoms with Gasteiger partial charge >= 0.3 is 0 Å². The fourth-order valence-electron chi connectivity index (χ4n) is 2.45. The molecule has 1 atom stereocenters. The van der Waals surface area contributed by atoms with E-state index in [-0.39, 0.29) is 0 Å². The van der Waals surface area contributed by atoms with Gasteiger partial charge in [0.25, 0.3) is 0 Å². The third-order valence-electron chi connectivity index (χ3n) is 3.33. The van der Waals surface area contributed by atoms with Crippen LogP contribution in [-0.2, 0) is 13.0 Å². The Morgan fingerprint density at radius 2 is 2.16 bits per heavy atom. The summed E-state index contributed by atoms with van der Waals surface area (Å²) in [5, 5.41) is 15.2. The largest absolute Gasteiger partial charge is 0.367 e. The Bertz CT molecular complexity index is 534. The van der Waals surface area contributed by atoms with Crippen molar-refractivity contribution >= 4 is 5.82 Å². The van der Waals surface area contributed by atoms with Crippen LogP contribution in [0.5, 0.6) is 0 Å². The van der Waals surface area contributed by atoms with Crippen LogP contribution in [0.25, 0.3) is 0 Å². The Morgan fingerprint density at radius 1 is 1.26 bits per heavy atom. The van der Waals surface area contributed by atoms with Crippen LogP contribution in [0, 0.1) is 13.8 Å². The van der Waals surface area contributed by atoms with E-state index in [2.05, 4.69) is 30.8 Å². The second-order valence-electron chi connectivity index (χ2n) is 4.93. The maximum atomic E-state index is 4.42. The molecule has 0 radical (unpaired) electrons. The minimum absolute atomic E-state index is 0.386. The zero-order chi connectivity index (χ0) is 13.2. The van der Waals surface area contributed by atoms with Crippen molar-refractivity contribution in [2.75, 3.05) is 5.32 Å². The maximum absolute atomic E-state index is 4.42. The maximum Gasteiger partial charge on any atom is 0.151 e. The summed E-state index contributed by atoms with van der Waals surface area (Å²) in [6.45, 7) is 4.75. The van der Waals surface area contributed by atoms with Crippen LogP contribution < -0.4 is 5.32 Å². The van der Waals surface area contributed by atoms with E-state index in [9.17, 15) is 0 Å². The third kappa shape index (κ3) is 2.69. The molecule has 7 nitrogen and oxygen atoms in total. The van der Waals surface area contributed by atoms with Gasteiger partial charge in [-0.15, -0.1) is 5.10 Å². The van der Waals surface area contributed by atoms with Gasteiger partial charge in [0.2, 0.25) is 0 Å². The van der Waals surface area contributed by atoms with Crippen LogP contribution >= 0.6 is 0 Å². The minimum Gasteiger partial charge on any atom is -0.367 e. The summed E-state index contributed by atoms with van der Waals surface area (Å²) in [4.78, 5) is 8.71. The van der Waals surface area contributed by atoms with Crippen LogP contribution in [-0.4, -0.2) is 36.2 Å². The lowest BCUT2D eigenvalue weighted by molar-refractivity contribution is 0.531. The highest BCUT2D eigenvalue weighted by Crippen LogP contribution is 2.16. The molecule has 1 aliphatic rings. The van der Waals surface area contributed by atoms with Crippen molar-refractivity contribution in [3.63, 3.8) is 0 Å². The van der Waals surface area contributed by atoms with Crippen LogP contribution in [0.15, 0.2) is 6.07 Å². The van der Waals surface area contributed by atoms with E-state index in [0.29, 0.717) is 6.04 Å². The quantitative estimate of drug-likeness (QED) is 0.862. The SMILES string of the molecule is Cc1cc(NC2CCc3nnnn3CC2)nc(C)n1. The Kier molecular flexibility index (Phi) is 3.10. The fourth-order valence-corrected chi connectivity index (χ4v) is 2.45. The van der Waals surface area contributed by atoms with Crippen LogP contribution in [0.2, 0.25) is 0 Å². The van der Waals surface area contributed by atoms with Gasteiger partial charge in [-0.25, -0.2) is 14.6 Å². The number of nitrogens with one attached hydrogen (secondary N) is 1. The van der Waals surface area contributed by atoms with Crippen molar-refractivity contribution in [1.82, 2.24) is 30.2 Å². The molecule has 7 heteroatoms. The van der Waals surface area contributed by atoms with E-state index >= 15 is 0 Å². The molecule has 0 saturated carbocycles. The Labute approximate surface area is 111 Å². The second-order valence-corrected chi connectivity index (χ2v) is 4.93. The van der Waals surface area contributed by atoms with E-state index in [0.717, 1.165) is 49.0 Å². The molecule has 1 N–H and O–H groups in total. The van der Waals surface area contributed by atoms with Crippen LogP contribution in [0.3, 0.4) is 0 Å². The van der Waals surface area contributed by atoms with Crippen molar-refractivity contribution in [3.8, 4) is 0 Å². The van der Waals surface area contributed by atoms with Gasteiger partial charge in [0.1, 0.15) is 11.6 Å². The van der Waals surface area contributed by atoms with Crippen molar-refractivity contribution in [2.24, 2.45) is 0 Å². The highest BCUT2D eigenvalue weighted by Gasteiger charge is 2.18. The first kappa shape index (κ1) is 12.0. The average Bonchev–Trinajstić information content (AvgIpc) is 2.71. The Morgan fingerprint density at radius 3 is 3.00 bits per heavy atom. The molecule has 1 unspecified atom stereocenters. The molecule has 2 aromatic rings. The molecular weight excluding hydrogens is 242 g/mol. The van der Waals surface area contributed by atoms with Gasteiger partial charge < -0.3 is 5.32 Å². The van der Waals surface area contributed by atoms with E-state index in [4.69, 9.17) is 0 Å². The number of aromatic nitrogens is 6. The summed E-state index contributed by atoms with van der Waals surface area (Å²) in [5.74, 6) is 2.68. The number of hydrogen-bond acceptors (Lipinski definition) is 6. The lowest BCUT2D eigenvalue weighted by Crippen LogP contribution is -2.21. The predicted octanol–water partition coefficient (Wildman–Crippen LogP) is 0.897. The van der Waals surface area contributed by atoms with Crippen LogP contribution in [0.4, 0.5) is 5.82 Å². The van der Waals surface area contributed by atoms with E-state index in [1.54, 1.807) is 0 Å². The number of tetrazole rings is 1. The number of anilines is 1. The summed E-state index contributed by atoms with van der Waals surface area (Å²) in [6.07, 6.45) is 2.91. The smallest absolute Gasteiger partial charge is 0.151 e. The van der Waals surface area contributed by atoms with Gasteiger partial charge in [-0.2, -0.15) is 0 Å². The van der Waals surface area contributed by atoms with Crippen molar-refractivity contribution < 1.29 is 0 Å². The Hall–Kier alpha value is -2.05. The number of nitrogens with zero attached hydrogens (tertiary/aromatic N) is 6. The molecule has 3 rings (SSSR count). The van der Waals surface area contributed by atoms with E-state index < -0.39 is 0 Å². The molecule has 100 valence electrons. The third-order valence-corrected chi connectivity index (χ3v) is 3.33.